The van der Waals surface area contributed by atoms with Crippen molar-refractivity contribution < 1.29 is 9.18 Å². The average molecular weight is 359 g/mol. The third kappa shape index (κ3) is 6.10. The Balaban J connectivity index is 2.00. The average Bonchev–Trinajstić information content (AvgIpc) is 2.57. The molecule has 1 aromatic carbocycles. The molecule has 2 rings (SSSR count). The number of aromatic nitrogens is 2. The van der Waals surface area contributed by atoms with E-state index in [4.69, 9.17) is 0 Å². The van der Waals surface area contributed by atoms with Crippen LogP contribution < -0.4 is 10.9 Å². The quantitative estimate of drug-likeness (QED) is 0.786. The maximum Gasteiger partial charge on any atom is 0.267 e. The van der Waals surface area contributed by atoms with Gasteiger partial charge in [-0.15, -0.1) is 0 Å². The third-order valence-corrected chi connectivity index (χ3v) is 4.13. The first kappa shape index (κ1) is 19.8. The lowest BCUT2D eigenvalue weighted by Gasteiger charge is -2.15. The summed E-state index contributed by atoms with van der Waals surface area (Å²) in [5.74, 6) is 0.0655. The number of nitrogens with zero attached hydrogens (tertiary/aromatic N) is 2. The molecular weight excluding hydrogens is 333 g/mol. The molecule has 0 bridgehead atoms. The first-order valence-electron chi connectivity index (χ1n) is 8.98. The highest BCUT2D eigenvalue weighted by molar-refractivity contribution is 5.76. The standard InChI is InChI=1S/C20H26FN3O2/c1-14(2)5-4-6-15(3)22-19(25)13-24-20(26)12-11-18(23-24)16-7-9-17(21)10-8-16/h7-12,14-15H,4-6,13H2,1-3H3,(H,22,25)/t15-/m0/s1. The van der Waals surface area contributed by atoms with Gasteiger partial charge in [0.25, 0.3) is 5.56 Å². The molecule has 0 fully saturated rings. The van der Waals surface area contributed by atoms with Crippen molar-refractivity contribution in [2.75, 3.05) is 0 Å². The van der Waals surface area contributed by atoms with Crippen molar-refractivity contribution in [1.82, 2.24) is 15.1 Å². The zero-order valence-corrected chi connectivity index (χ0v) is 15.5. The fourth-order valence-corrected chi connectivity index (χ4v) is 2.70. The van der Waals surface area contributed by atoms with Gasteiger partial charge in [-0.1, -0.05) is 26.7 Å². The Morgan fingerprint density at radius 2 is 1.81 bits per heavy atom. The second-order valence-electron chi connectivity index (χ2n) is 7.01. The highest BCUT2D eigenvalue weighted by Crippen LogP contribution is 2.15. The second-order valence-corrected chi connectivity index (χ2v) is 7.01. The highest BCUT2D eigenvalue weighted by Gasteiger charge is 2.11. The Morgan fingerprint density at radius 1 is 1.12 bits per heavy atom. The Hall–Kier alpha value is -2.50. The number of halogens is 1. The van der Waals surface area contributed by atoms with Crippen LogP contribution in [0.15, 0.2) is 41.2 Å². The van der Waals surface area contributed by atoms with Crippen LogP contribution in [0.5, 0.6) is 0 Å². The Kier molecular flexibility index (Phi) is 7.06. The molecular formula is C20H26FN3O2. The van der Waals surface area contributed by atoms with Crippen molar-refractivity contribution in [2.45, 2.75) is 52.6 Å². The summed E-state index contributed by atoms with van der Waals surface area (Å²) in [6, 6.07) is 8.82. The molecule has 0 saturated heterocycles. The van der Waals surface area contributed by atoms with E-state index in [9.17, 15) is 14.0 Å². The number of rotatable bonds is 8. The largest absolute Gasteiger partial charge is 0.352 e. The molecule has 0 aliphatic carbocycles. The lowest BCUT2D eigenvalue weighted by Crippen LogP contribution is -2.38. The molecule has 0 aliphatic rings. The minimum Gasteiger partial charge on any atom is -0.352 e. The highest BCUT2D eigenvalue weighted by atomic mass is 19.1. The van der Waals surface area contributed by atoms with Crippen LogP contribution in [-0.4, -0.2) is 21.7 Å². The van der Waals surface area contributed by atoms with Gasteiger partial charge in [-0.25, -0.2) is 9.07 Å². The third-order valence-electron chi connectivity index (χ3n) is 4.13. The summed E-state index contributed by atoms with van der Waals surface area (Å²) in [6.07, 6.45) is 3.08. The van der Waals surface area contributed by atoms with E-state index in [1.165, 1.54) is 18.2 Å². The van der Waals surface area contributed by atoms with E-state index in [2.05, 4.69) is 24.3 Å². The van der Waals surface area contributed by atoms with Crippen LogP contribution in [0.1, 0.15) is 40.0 Å². The fourth-order valence-electron chi connectivity index (χ4n) is 2.70. The molecule has 1 aromatic heterocycles. The van der Waals surface area contributed by atoms with Crippen LogP contribution in [0, 0.1) is 11.7 Å². The van der Waals surface area contributed by atoms with Gasteiger partial charge >= 0.3 is 0 Å². The summed E-state index contributed by atoms with van der Waals surface area (Å²) >= 11 is 0. The molecule has 0 spiro atoms. The first-order chi connectivity index (χ1) is 12.3. The van der Waals surface area contributed by atoms with Gasteiger partial charge in [0, 0.05) is 17.7 Å². The van der Waals surface area contributed by atoms with E-state index in [-0.39, 0.29) is 29.9 Å². The van der Waals surface area contributed by atoms with Gasteiger partial charge in [-0.3, -0.25) is 9.59 Å². The zero-order valence-electron chi connectivity index (χ0n) is 15.5. The minimum absolute atomic E-state index is 0.0530. The topological polar surface area (TPSA) is 64.0 Å². The van der Waals surface area contributed by atoms with Crippen molar-refractivity contribution in [3.8, 4) is 11.3 Å². The van der Waals surface area contributed by atoms with Gasteiger partial charge < -0.3 is 5.32 Å². The number of hydrogen-bond donors (Lipinski definition) is 1. The maximum atomic E-state index is 13.0. The summed E-state index contributed by atoms with van der Waals surface area (Å²) in [5.41, 5.74) is 0.850. The van der Waals surface area contributed by atoms with Crippen molar-refractivity contribution >= 4 is 5.91 Å². The Morgan fingerprint density at radius 3 is 2.46 bits per heavy atom. The normalized spacial score (nSPS) is 12.2. The molecule has 140 valence electrons. The van der Waals surface area contributed by atoms with E-state index in [1.54, 1.807) is 18.2 Å². The van der Waals surface area contributed by atoms with Gasteiger partial charge in [-0.2, -0.15) is 5.10 Å². The van der Waals surface area contributed by atoms with E-state index in [0.717, 1.165) is 23.9 Å². The number of carbonyl (C=O) groups is 1. The van der Waals surface area contributed by atoms with E-state index in [1.807, 2.05) is 6.92 Å². The van der Waals surface area contributed by atoms with Gasteiger partial charge in [0.1, 0.15) is 12.4 Å². The fraction of sp³-hybridized carbons (Fsp3) is 0.450. The molecule has 26 heavy (non-hydrogen) atoms. The predicted molar refractivity (Wildman–Crippen MR) is 100 cm³/mol. The molecule has 0 unspecified atom stereocenters. The molecule has 0 saturated carbocycles. The molecule has 6 heteroatoms. The smallest absolute Gasteiger partial charge is 0.267 e. The number of carbonyl (C=O) groups excluding carboxylic acids is 1. The molecule has 1 amide bonds. The maximum absolute atomic E-state index is 13.0. The van der Waals surface area contributed by atoms with Gasteiger partial charge in [0.05, 0.1) is 5.69 Å². The summed E-state index contributed by atoms with van der Waals surface area (Å²) in [6.45, 7) is 6.18. The summed E-state index contributed by atoms with van der Waals surface area (Å²) < 4.78 is 14.2. The van der Waals surface area contributed by atoms with Gasteiger partial charge in [0.2, 0.25) is 5.91 Å². The van der Waals surface area contributed by atoms with Crippen molar-refractivity contribution in [1.29, 1.82) is 0 Å². The molecule has 1 atom stereocenters. The number of amides is 1. The van der Waals surface area contributed by atoms with Crippen molar-refractivity contribution in [3.63, 3.8) is 0 Å². The number of benzene rings is 1. The summed E-state index contributed by atoms with van der Waals surface area (Å²) in [4.78, 5) is 24.2. The predicted octanol–water partition coefficient (Wildman–Crippen LogP) is 3.38. The molecule has 5 nitrogen and oxygen atoms in total. The summed E-state index contributed by atoms with van der Waals surface area (Å²) in [5, 5.41) is 7.13. The van der Waals surface area contributed by atoms with E-state index in [0.29, 0.717) is 17.2 Å². The van der Waals surface area contributed by atoms with Crippen molar-refractivity contribution in [3.05, 3.63) is 52.6 Å². The second kappa shape index (κ2) is 9.27. The summed E-state index contributed by atoms with van der Waals surface area (Å²) in [7, 11) is 0. The Labute approximate surface area is 153 Å². The molecule has 2 aromatic rings. The monoisotopic (exact) mass is 359 g/mol. The zero-order chi connectivity index (χ0) is 19.1. The van der Waals surface area contributed by atoms with E-state index >= 15 is 0 Å². The lowest BCUT2D eigenvalue weighted by atomic mass is 10.0. The molecule has 1 N–H and O–H groups in total. The SMILES string of the molecule is CC(C)CCC[C@H](C)NC(=O)Cn1nc(-c2ccc(F)cc2)ccc1=O. The molecule has 1 heterocycles. The minimum atomic E-state index is -0.349. The molecule has 0 aliphatic heterocycles. The molecule has 0 radical (unpaired) electrons. The van der Waals surface area contributed by atoms with Crippen LogP contribution in [0.3, 0.4) is 0 Å². The first-order valence-corrected chi connectivity index (χ1v) is 8.98. The van der Waals surface area contributed by atoms with E-state index < -0.39 is 0 Å². The number of hydrogen-bond acceptors (Lipinski definition) is 3. The van der Waals surface area contributed by atoms with Gasteiger partial charge in [0.15, 0.2) is 0 Å². The van der Waals surface area contributed by atoms with Crippen molar-refractivity contribution in [2.24, 2.45) is 5.92 Å². The number of nitrogens with one attached hydrogen (secondary N) is 1. The Bertz CT molecular complexity index is 784. The van der Waals surface area contributed by atoms with Crippen LogP contribution in [0.25, 0.3) is 11.3 Å². The van der Waals surface area contributed by atoms with Crippen LogP contribution in [0.2, 0.25) is 0 Å². The lowest BCUT2D eigenvalue weighted by molar-refractivity contribution is -0.122. The van der Waals surface area contributed by atoms with Gasteiger partial charge in [-0.05, 0) is 49.6 Å². The van der Waals surface area contributed by atoms with Crippen LogP contribution in [-0.2, 0) is 11.3 Å². The van der Waals surface area contributed by atoms with Crippen LogP contribution >= 0.6 is 0 Å². The van der Waals surface area contributed by atoms with Crippen LogP contribution in [0.4, 0.5) is 4.39 Å².